The lowest BCUT2D eigenvalue weighted by Gasteiger charge is -2.31. The minimum Gasteiger partial charge on any atom is -0.733 e. The summed E-state index contributed by atoms with van der Waals surface area (Å²) < 4.78 is 10.1. The van der Waals surface area contributed by atoms with Crippen molar-refractivity contribution in [3.8, 4) is 0 Å². The Morgan fingerprint density at radius 3 is 2.59 bits per heavy atom. The van der Waals surface area contributed by atoms with Crippen LogP contribution in [0.3, 0.4) is 0 Å². The topological polar surface area (TPSA) is 111 Å². The smallest absolute Gasteiger partial charge is 0.336 e. The van der Waals surface area contributed by atoms with E-state index in [2.05, 4.69) is 21.2 Å². The molecule has 1 heterocycles. The molecule has 1 aromatic rings. The van der Waals surface area contributed by atoms with Crippen LogP contribution in [0.4, 0.5) is 5.69 Å². The van der Waals surface area contributed by atoms with Gasteiger partial charge in [0.15, 0.2) is 0 Å². The van der Waals surface area contributed by atoms with Crippen molar-refractivity contribution in [3.63, 3.8) is 0 Å². The van der Waals surface area contributed by atoms with E-state index < -0.39 is 17.9 Å². The molecule has 27 heavy (non-hydrogen) atoms. The van der Waals surface area contributed by atoms with Gasteiger partial charge in [-0.2, -0.15) is 0 Å². The van der Waals surface area contributed by atoms with E-state index in [1.54, 1.807) is 26.0 Å². The predicted octanol–water partition coefficient (Wildman–Crippen LogP) is 2.73. The maximum atomic E-state index is 12.7. The minimum absolute atomic E-state index is 0.0310. The molecule has 1 aromatic carbocycles. The number of esters is 2. The van der Waals surface area contributed by atoms with Crippen LogP contribution in [0.15, 0.2) is 46.8 Å². The number of alkyl halides is 1. The van der Waals surface area contributed by atoms with Crippen LogP contribution in [-0.2, 0) is 19.1 Å². The highest BCUT2D eigenvalue weighted by Crippen LogP contribution is 2.40. The first-order chi connectivity index (χ1) is 12.8. The van der Waals surface area contributed by atoms with E-state index in [1.165, 1.54) is 19.2 Å². The number of benzene rings is 1. The van der Waals surface area contributed by atoms with Gasteiger partial charge in [-0.1, -0.05) is 28.1 Å². The average molecular weight is 440 g/mol. The number of rotatable bonds is 6. The minimum atomic E-state index is -0.829. The van der Waals surface area contributed by atoms with Crippen LogP contribution >= 0.6 is 15.9 Å². The van der Waals surface area contributed by atoms with E-state index in [-0.39, 0.29) is 28.7 Å². The van der Waals surface area contributed by atoms with E-state index in [0.29, 0.717) is 22.3 Å². The molecule has 9 heteroatoms. The lowest BCUT2D eigenvalue weighted by atomic mass is 9.80. The highest BCUT2D eigenvalue weighted by atomic mass is 79.9. The number of methoxy groups -OCH3 is 1. The molecule has 0 aromatic heterocycles. The maximum Gasteiger partial charge on any atom is 0.336 e. The normalized spacial score (nSPS) is 16.7. The molecule has 0 saturated heterocycles. The zero-order chi connectivity index (χ0) is 20.1. The van der Waals surface area contributed by atoms with Gasteiger partial charge in [-0.3, -0.25) is 5.21 Å². The summed E-state index contributed by atoms with van der Waals surface area (Å²) in [6.07, 6.45) is 0. The van der Waals surface area contributed by atoms with Crippen LogP contribution in [0.2, 0.25) is 0 Å². The second-order valence-corrected chi connectivity index (χ2v) is 6.26. The van der Waals surface area contributed by atoms with Crippen LogP contribution in [0.1, 0.15) is 25.3 Å². The number of halogens is 1. The summed E-state index contributed by atoms with van der Waals surface area (Å²) in [4.78, 5) is 25.2. The molecule has 2 N–H and O–H groups in total. The van der Waals surface area contributed by atoms with Gasteiger partial charge in [-0.05, 0) is 31.5 Å². The Labute approximate surface area is 165 Å². The van der Waals surface area contributed by atoms with Crippen LogP contribution < -0.4 is 10.5 Å². The number of ether oxygens (including phenoxy) is 2. The number of nitrogens with zero attached hydrogens (tertiary/aromatic N) is 1. The molecule has 0 fully saturated rings. The van der Waals surface area contributed by atoms with Gasteiger partial charge in [0.1, 0.15) is 0 Å². The number of carbonyl (C=O) groups is 2. The number of carbonyl (C=O) groups excluding carboxylic acids is 2. The Balaban J connectivity index is 2.73. The Morgan fingerprint density at radius 1 is 1.33 bits per heavy atom. The first-order valence-electron chi connectivity index (χ1n) is 8.13. The van der Waals surface area contributed by atoms with Gasteiger partial charge in [0.2, 0.25) is 0 Å². The Kier molecular flexibility index (Phi) is 7.00. The predicted molar refractivity (Wildman–Crippen MR) is 102 cm³/mol. The maximum absolute atomic E-state index is 12.7. The number of hydrogen-bond donors (Lipinski definition) is 2. The molecule has 1 aliphatic rings. The molecule has 1 aliphatic heterocycles. The van der Waals surface area contributed by atoms with Gasteiger partial charge >= 0.3 is 11.9 Å². The Morgan fingerprint density at radius 2 is 2.04 bits per heavy atom. The van der Waals surface area contributed by atoms with Crippen molar-refractivity contribution in [2.45, 2.75) is 19.8 Å². The fourth-order valence-electron chi connectivity index (χ4n) is 2.99. The van der Waals surface area contributed by atoms with E-state index in [1.807, 2.05) is 0 Å². The quantitative estimate of drug-likeness (QED) is 0.395. The fraction of sp³-hybridized carbons (Fsp3) is 0.333. The monoisotopic (exact) mass is 439 g/mol. The van der Waals surface area contributed by atoms with Gasteiger partial charge in [0, 0.05) is 16.7 Å². The zero-order valence-electron chi connectivity index (χ0n) is 15.1. The van der Waals surface area contributed by atoms with Crippen LogP contribution in [0.5, 0.6) is 0 Å². The number of anilines is 1. The first-order valence-corrected chi connectivity index (χ1v) is 9.26. The summed E-state index contributed by atoms with van der Waals surface area (Å²) >= 11 is 3.34. The van der Waals surface area contributed by atoms with Crippen molar-refractivity contribution >= 4 is 33.6 Å². The average Bonchev–Trinajstić information content (AvgIpc) is 2.66. The van der Waals surface area contributed by atoms with Crippen LogP contribution in [0, 0.1) is 5.21 Å². The summed E-state index contributed by atoms with van der Waals surface area (Å²) in [5.41, 5.74) is 1.94. The zero-order valence-corrected chi connectivity index (χ0v) is 16.7. The van der Waals surface area contributed by atoms with Crippen molar-refractivity contribution in [2.24, 2.45) is 0 Å². The molecule has 1 atom stereocenters. The van der Waals surface area contributed by atoms with E-state index in [9.17, 15) is 20.0 Å². The molecule has 0 amide bonds. The van der Waals surface area contributed by atoms with Crippen molar-refractivity contribution < 1.29 is 24.3 Å². The van der Waals surface area contributed by atoms with Gasteiger partial charge < -0.3 is 25.2 Å². The molecule has 0 saturated carbocycles. The second-order valence-electron chi connectivity index (χ2n) is 5.70. The molecule has 2 rings (SSSR count). The molecular formula is C18H20BrN2O6-. The second kappa shape index (κ2) is 9.03. The van der Waals surface area contributed by atoms with Gasteiger partial charge in [0.25, 0.3) is 0 Å². The van der Waals surface area contributed by atoms with E-state index in [4.69, 9.17) is 9.47 Å². The van der Waals surface area contributed by atoms with Crippen LogP contribution in [-0.4, -0.2) is 36.2 Å². The highest BCUT2D eigenvalue weighted by molar-refractivity contribution is 9.09. The van der Waals surface area contributed by atoms with Crippen molar-refractivity contribution in [2.75, 3.05) is 24.3 Å². The van der Waals surface area contributed by atoms with E-state index in [0.717, 1.165) is 0 Å². The third-order valence-electron chi connectivity index (χ3n) is 4.10. The number of hydrogen-bond acceptors (Lipinski definition) is 8. The summed E-state index contributed by atoms with van der Waals surface area (Å²) in [7, 11) is 1.25. The van der Waals surface area contributed by atoms with Gasteiger partial charge in [-0.15, -0.1) is 0 Å². The van der Waals surface area contributed by atoms with Crippen molar-refractivity contribution in [1.29, 1.82) is 0 Å². The van der Waals surface area contributed by atoms with Crippen molar-refractivity contribution in [1.82, 2.24) is 5.32 Å². The number of nitrogens with one attached hydrogen (secondary N) is 1. The standard InChI is InChI=1S/C18H20BrN2O6/c1-4-27-18(23)16-13(9-19)20-10(2)14(17(22)26-3)15(16)11-6-5-7-12(8-11)21(24)25/h5-8,15,20,24H,4,9H2,1-3H3/q-1/t15-/m0/s1. The molecule has 0 radical (unpaired) electrons. The molecule has 0 aliphatic carbocycles. The van der Waals surface area contributed by atoms with Crippen molar-refractivity contribution in [3.05, 3.63) is 57.6 Å². The summed E-state index contributed by atoms with van der Waals surface area (Å²) in [6.45, 7) is 3.53. The first kappa shape index (κ1) is 20.9. The fourth-order valence-corrected chi connectivity index (χ4v) is 3.43. The number of dihydropyridines is 1. The Hall–Kier alpha value is -2.36. The summed E-state index contributed by atoms with van der Waals surface area (Å²) in [6, 6.07) is 6.02. The van der Waals surface area contributed by atoms with Gasteiger partial charge in [-0.25, -0.2) is 9.59 Å². The molecule has 8 nitrogen and oxygen atoms in total. The Bertz CT molecular complexity index is 803. The molecular weight excluding hydrogens is 420 g/mol. The lowest BCUT2D eigenvalue weighted by molar-refractivity contribution is -0.139. The SMILES string of the molecule is CCOC(=O)C1=C(CBr)NC(C)=C(C(=O)OC)[C@@H]1c1cccc(N([O-])O)c1. The lowest BCUT2D eigenvalue weighted by Crippen LogP contribution is -2.33. The largest absolute Gasteiger partial charge is 0.733 e. The number of allylic oxidation sites excluding steroid dienone is 2. The molecule has 0 bridgehead atoms. The summed E-state index contributed by atoms with van der Waals surface area (Å²) in [5.74, 6) is -2.04. The third-order valence-corrected chi connectivity index (χ3v) is 4.66. The highest BCUT2D eigenvalue weighted by Gasteiger charge is 2.38. The van der Waals surface area contributed by atoms with Gasteiger partial charge in [0.05, 0.1) is 36.5 Å². The molecule has 0 unspecified atom stereocenters. The van der Waals surface area contributed by atoms with Crippen LogP contribution in [0.25, 0.3) is 0 Å². The van der Waals surface area contributed by atoms with E-state index >= 15 is 0 Å². The third kappa shape index (κ3) is 4.32. The molecule has 146 valence electrons. The summed E-state index contributed by atoms with van der Waals surface area (Å²) in [5, 5.41) is 23.6. The molecule has 0 spiro atoms.